The van der Waals surface area contributed by atoms with Gasteiger partial charge in [-0.25, -0.2) is 4.79 Å². The van der Waals surface area contributed by atoms with Crippen LogP contribution in [-0.4, -0.2) is 17.7 Å². The monoisotopic (exact) mass is 358 g/mol. The predicted octanol–water partition coefficient (Wildman–Crippen LogP) is 6.06. The second kappa shape index (κ2) is 8.86. The van der Waals surface area contributed by atoms with Crippen molar-refractivity contribution in [3.05, 3.63) is 91.0 Å². The zero-order chi connectivity index (χ0) is 19.1. The van der Waals surface area contributed by atoms with Crippen LogP contribution in [0, 0.1) is 0 Å². The van der Waals surface area contributed by atoms with Gasteiger partial charge < -0.3 is 9.84 Å². The number of carbonyl (C=O) groups is 1. The molecule has 0 heterocycles. The van der Waals surface area contributed by atoms with Crippen molar-refractivity contribution in [1.82, 2.24) is 0 Å². The van der Waals surface area contributed by atoms with E-state index < -0.39 is 5.97 Å². The summed E-state index contributed by atoms with van der Waals surface area (Å²) in [5.41, 5.74) is 3.99. The Balaban J connectivity index is 1.89. The lowest BCUT2D eigenvalue weighted by atomic mass is 9.96. The molecule has 0 bridgehead atoms. The SMILES string of the molecule is C=CCCCOc1ccc(C(=O)O)c(-c2ccc(-c3ccccc3)cc2)c1. The Hall–Kier alpha value is -3.33. The quantitative estimate of drug-likeness (QED) is 0.393. The second-order valence-corrected chi connectivity index (χ2v) is 6.24. The molecule has 0 aliphatic heterocycles. The van der Waals surface area contributed by atoms with E-state index >= 15 is 0 Å². The van der Waals surface area contributed by atoms with Crippen LogP contribution < -0.4 is 4.74 Å². The Morgan fingerprint density at radius 1 is 0.926 bits per heavy atom. The van der Waals surface area contributed by atoms with Crippen LogP contribution >= 0.6 is 0 Å². The van der Waals surface area contributed by atoms with Crippen LogP contribution in [0.1, 0.15) is 23.2 Å². The van der Waals surface area contributed by atoms with Gasteiger partial charge >= 0.3 is 5.97 Å². The Morgan fingerprint density at radius 3 is 2.26 bits per heavy atom. The lowest BCUT2D eigenvalue weighted by Gasteiger charge is -2.11. The summed E-state index contributed by atoms with van der Waals surface area (Å²) in [4.78, 5) is 11.6. The maximum Gasteiger partial charge on any atom is 0.336 e. The molecular formula is C24H22O3. The van der Waals surface area contributed by atoms with Crippen molar-refractivity contribution >= 4 is 5.97 Å². The van der Waals surface area contributed by atoms with Gasteiger partial charge in [0.2, 0.25) is 0 Å². The third-order valence-electron chi connectivity index (χ3n) is 4.35. The van der Waals surface area contributed by atoms with Crippen molar-refractivity contribution < 1.29 is 14.6 Å². The van der Waals surface area contributed by atoms with Gasteiger partial charge in [0.25, 0.3) is 0 Å². The number of allylic oxidation sites excluding steroid dienone is 1. The standard InChI is InChI=1S/C24H22O3/c1-2-3-7-16-27-21-14-15-22(24(25)26)23(17-21)20-12-10-19(11-13-20)18-8-5-4-6-9-18/h2,4-6,8-15,17H,1,3,7,16H2,(H,25,26). The molecule has 3 aromatic rings. The highest BCUT2D eigenvalue weighted by atomic mass is 16.5. The van der Waals surface area contributed by atoms with Crippen LogP contribution in [-0.2, 0) is 0 Å². The minimum Gasteiger partial charge on any atom is -0.494 e. The molecular weight excluding hydrogens is 336 g/mol. The zero-order valence-electron chi connectivity index (χ0n) is 15.1. The van der Waals surface area contributed by atoms with E-state index in [4.69, 9.17) is 4.74 Å². The lowest BCUT2D eigenvalue weighted by Crippen LogP contribution is -2.02. The van der Waals surface area contributed by atoms with Gasteiger partial charge in [0, 0.05) is 0 Å². The summed E-state index contributed by atoms with van der Waals surface area (Å²) >= 11 is 0. The number of carboxylic acid groups (broad SMARTS) is 1. The van der Waals surface area contributed by atoms with E-state index in [-0.39, 0.29) is 5.56 Å². The Morgan fingerprint density at radius 2 is 1.59 bits per heavy atom. The molecule has 0 spiro atoms. The molecule has 3 nitrogen and oxygen atoms in total. The molecule has 1 N–H and O–H groups in total. The van der Waals surface area contributed by atoms with Gasteiger partial charge in [-0.15, -0.1) is 6.58 Å². The molecule has 0 radical (unpaired) electrons. The molecule has 0 saturated heterocycles. The number of hydrogen-bond acceptors (Lipinski definition) is 2. The van der Waals surface area contributed by atoms with Crippen molar-refractivity contribution in [2.45, 2.75) is 12.8 Å². The molecule has 0 saturated carbocycles. The third kappa shape index (κ3) is 4.64. The molecule has 0 aliphatic rings. The fraction of sp³-hybridized carbons (Fsp3) is 0.125. The zero-order valence-corrected chi connectivity index (χ0v) is 15.1. The molecule has 0 atom stereocenters. The molecule has 0 fully saturated rings. The number of hydrogen-bond donors (Lipinski definition) is 1. The highest BCUT2D eigenvalue weighted by molar-refractivity contribution is 5.96. The molecule has 3 heteroatoms. The fourth-order valence-electron chi connectivity index (χ4n) is 2.93. The first-order valence-corrected chi connectivity index (χ1v) is 8.96. The van der Waals surface area contributed by atoms with Crippen molar-refractivity contribution in [1.29, 1.82) is 0 Å². The maximum absolute atomic E-state index is 11.6. The number of rotatable bonds is 8. The molecule has 3 aromatic carbocycles. The summed E-state index contributed by atoms with van der Waals surface area (Å²) in [5.74, 6) is -0.276. The van der Waals surface area contributed by atoms with Crippen LogP contribution in [0.2, 0.25) is 0 Å². The van der Waals surface area contributed by atoms with Gasteiger partial charge in [-0.2, -0.15) is 0 Å². The van der Waals surface area contributed by atoms with E-state index in [0.29, 0.717) is 17.9 Å². The summed E-state index contributed by atoms with van der Waals surface area (Å²) in [6, 6.07) is 23.1. The normalized spacial score (nSPS) is 10.4. The van der Waals surface area contributed by atoms with Crippen molar-refractivity contribution in [3.63, 3.8) is 0 Å². The largest absolute Gasteiger partial charge is 0.494 e. The first-order valence-electron chi connectivity index (χ1n) is 8.96. The third-order valence-corrected chi connectivity index (χ3v) is 4.35. The number of benzene rings is 3. The summed E-state index contributed by atoms with van der Waals surface area (Å²) in [6.07, 6.45) is 3.63. The minimum absolute atomic E-state index is 0.265. The van der Waals surface area contributed by atoms with Crippen molar-refractivity contribution in [3.8, 4) is 28.0 Å². The summed E-state index contributed by atoms with van der Waals surface area (Å²) in [5, 5.41) is 9.54. The van der Waals surface area contributed by atoms with Crippen molar-refractivity contribution in [2.75, 3.05) is 6.61 Å². The molecule has 0 amide bonds. The van der Waals surface area contributed by atoms with Gasteiger partial charge in [-0.3, -0.25) is 0 Å². The highest BCUT2D eigenvalue weighted by Gasteiger charge is 2.13. The van der Waals surface area contributed by atoms with Gasteiger partial charge in [-0.1, -0.05) is 60.7 Å². The van der Waals surface area contributed by atoms with Gasteiger partial charge in [0.1, 0.15) is 5.75 Å². The first kappa shape index (κ1) is 18.5. The Kier molecular flexibility index (Phi) is 6.06. The van der Waals surface area contributed by atoms with E-state index in [9.17, 15) is 9.90 Å². The Bertz CT molecular complexity index is 912. The number of ether oxygens (including phenoxy) is 1. The smallest absolute Gasteiger partial charge is 0.336 e. The summed E-state index contributed by atoms with van der Waals surface area (Å²) in [7, 11) is 0. The van der Waals surface area contributed by atoms with E-state index in [2.05, 4.69) is 18.7 Å². The molecule has 0 aliphatic carbocycles. The van der Waals surface area contributed by atoms with Gasteiger partial charge in [0.05, 0.1) is 12.2 Å². The predicted molar refractivity (Wildman–Crippen MR) is 109 cm³/mol. The summed E-state index contributed by atoms with van der Waals surface area (Å²) in [6.45, 7) is 4.27. The van der Waals surface area contributed by atoms with Crippen LogP contribution in [0.3, 0.4) is 0 Å². The number of unbranched alkanes of at least 4 members (excludes halogenated alkanes) is 1. The van der Waals surface area contributed by atoms with E-state index in [1.807, 2.05) is 48.5 Å². The fourth-order valence-corrected chi connectivity index (χ4v) is 2.93. The van der Waals surface area contributed by atoms with Crippen LogP contribution in [0.5, 0.6) is 5.75 Å². The van der Waals surface area contributed by atoms with E-state index in [0.717, 1.165) is 29.5 Å². The summed E-state index contributed by atoms with van der Waals surface area (Å²) < 4.78 is 5.76. The minimum atomic E-state index is -0.949. The van der Waals surface area contributed by atoms with E-state index in [1.165, 1.54) is 0 Å². The van der Waals surface area contributed by atoms with Crippen LogP contribution in [0.25, 0.3) is 22.3 Å². The molecule has 27 heavy (non-hydrogen) atoms. The average Bonchev–Trinajstić information content (AvgIpc) is 2.72. The van der Waals surface area contributed by atoms with Gasteiger partial charge in [-0.05, 0) is 53.3 Å². The molecule has 3 rings (SSSR count). The topological polar surface area (TPSA) is 46.5 Å². The second-order valence-electron chi connectivity index (χ2n) is 6.24. The maximum atomic E-state index is 11.6. The van der Waals surface area contributed by atoms with Crippen LogP contribution in [0.15, 0.2) is 85.5 Å². The van der Waals surface area contributed by atoms with Crippen molar-refractivity contribution in [2.24, 2.45) is 0 Å². The Labute approximate surface area is 159 Å². The average molecular weight is 358 g/mol. The highest BCUT2D eigenvalue weighted by Crippen LogP contribution is 2.30. The van der Waals surface area contributed by atoms with Gasteiger partial charge in [0.15, 0.2) is 0 Å². The number of carboxylic acids is 1. The van der Waals surface area contributed by atoms with Crippen LogP contribution in [0.4, 0.5) is 0 Å². The first-order chi connectivity index (χ1) is 13.2. The molecule has 0 aromatic heterocycles. The molecule has 0 unspecified atom stereocenters. The number of aromatic carboxylic acids is 1. The lowest BCUT2D eigenvalue weighted by molar-refractivity contribution is 0.0697. The van der Waals surface area contributed by atoms with E-state index in [1.54, 1.807) is 18.2 Å². The molecule has 136 valence electrons.